The molecule has 0 aliphatic rings. The lowest BCUT2D eigenvalue weighted by Gasteiger charge is -2.08. The summed E-state index contributed by atoms with van der Waals surface area (Å²) in [6, 6.07) is 7.19. The molecule has 0 amide bonds. The minimum absolute atomic E-state index is 0.0362. The van der Waals surface area contributed by atoms with Crippen molar-refractivity contribution in [3.05, 3.63) is 58.2 Å². The molecule has 0 radical (unpaired) electrons. The Bertz CT molecular complexity index is 999. The summed E-state index contributed by atoms with van der Waals surface area (Å²) in [6.45, 7) is 6.13. The predicted octanol–water partition coefficient (Wildman–Crippen LogP) is 4.00. The standard InChI is InChI=1S/C22H23FN2O4/c1-5-8-25-14(2)9-16(15(25)3)10-17(12-24)22(27)29-13-20(26)19-11-18(23)6-7-21(19)28-4/h6-7,9-11H,5,8,13H2,1-4H3/b17-10+. The molecule has 0 spiro atoms. The second-order valence-electron chi connectivity index (χ2n) is 6.49. The van der Waals surface area contributed by atoms with E-state index in [-0.39, 0.29) is 16.9 Å². The van der Waals surface area contributed by atoms with Gasteiger partial charge in [-0.1, -0.05) is 6.92 Å². The number of hydrogen-bond acceptors (Lipinski definition) is 5. The number of aromatic nitrogens is 1. The van der Waals surface area contributed by atoms with Crippen molar-refractivity contribution in [3.63, 3.8) is 0 Å². The minimum Gasteiger partial charge on any atom is -0.496 e. The Kier molecular flexibility index (Phi) is 7.32. The maximum atomic E-state index is 13.4. The van der Waals surface area contributed by atoms with Crippen LogP contribution < -0.4 is 4.74 Å². The molecule has 0 bridgehead atoms. The first-order valence-electron chi connectivity index (χ1n) is 9.14. The van der Waals surface area contributed by atoms with Gasteiger partial charge in [0.05, 0.1) is 12.7 Å². The fraction of sp³-hybridized carbons (Fsp3) is 0.318. The summed E-state index contributed by atoms with van der Waals surface area (Å²) < 4.78 is 25.5. The molecule has 1 heterocycles. The second kappa shape index (κ2) is 9.69. The number of ether oxygens (including phenoxy) is 2. The van der Waals surface area contributed by atoms with Gasteiger partial charge >= 0.3 is 5.97 Å². The highest BCUT2D eigenvalue weighted by atomic mass is 19.1. The molecule has 1 aromatic carbocycles. The van der Waals surface area contributed by atoms with Gasteiger partial charge < -0.3 is 14.0 Å². The highest BCUT2D eigenvalue weighted by Gasteiger charge is 2.18. The molecule has 29 heavy (non-hydrogen) atoms. The van der Waals surface area contributed by atoms with E-state index in [0.717, 1.165) is 42.0 Å². The van der Waals surface area contributed by atoms with Crippen molar-refractivity contribution in [2.75, 3.05) is 13.7 Å². The molecule has 0 N–H and O–H groups in total. The number of methoxy groups -OCH3 is 1. The average molecular weight is 398 g/mol. The van der Waals surface area contributed by atoms with Crippen molar-refractivity contribution in [3.8, 4) is 11.8 Å². The number of halogens is 1. The molecule has 1 aromatic heterocycles. The molecule has 0 unspecified atom stereocenters. The number of benzene rings is 1. The van der Waals surface area contributed by atoms with Crippen LogP contribution in [0.15, 0.2) is 29.8 Å². The van der Waals surface area contributed by atoms with Crippen molar-refractivity contribution >= 4 is 17.8 Å². The van der Waals surface area contributed by atoms with Crippen molar-refractivity contribution in [1.29, 1.82) is 5.26 Å². The monoisotopic (exact) mass is 398 g/mol. The first kappa shape index (κ1) is 21.9. The second-order valence-corrected chi connectivity index (χ2v) is 6.49. The third kappa shape index (κ3) is 5.11. The SMILES string of the molecule is CCCn1c(C)cc(/C=C(\C#N)C(=O)OCC(=O)c2cc(F)ccc2OC)c1C. The van der Waals surface area contributed by atoms with Crippen LogP contribution in [0.1, 0.15) is 40.7 Å². The van der Waals surface area contributed by atoms with E-state index in [1.807, 2.05) is 26.0 Å². The van der Waals surface area contributed by atoms with E-state index in [9.17, 15) is 19.2 Å². The van der Waals surface area contributed by atoms with Crippen LogP contribution in [0.3, 0.4) is 0 Å². The smallest absolute Gasteiger partial charge is 0.349 e. The molecule has 152 valence electrons. The predicted molar refractivity (Wildman–Crippen MR) is 106 cm³/mol. The summed E-state index contributed by atoms with van der Waals surface area (Å²) >= 11 is 0. The first-order chi connectivity index (χ1) is 13.8. The molecule has 0 aliphatic carbocycles. The highest BCUT2D eigenvalue weighted by molar-refractivity contribution is 6.03. The van der Waals surface area contributed by atoms with Crippen molar-refractivity contribution < 1.29 is 23.5 Å². The average Bonchev–Trinajstić information content (AvgIpc) is 2.97. The van der Waals surface area contributed by atoms with Gasteiger partial charge in [0.15, 0.2) is 6.61 Å². The number of nitriles is 1. The van der Waals surface area contributed by atoms with Crippen molar-refractivity contribution in [2.45, 2.75) is 33.7 Å². The Morgan fingerprint density at radius 2 is 2.00 bits per heavy atom. The maximum absolute atomic E-state index is 13.4. The zero-order valence-electron chi connectivity index (χ0n) is 16.9. The summed E-state index contributed by atoms with van der Waals surface area (Å²) in [6.07, 6.45) is 2.41. The minimum atomic E-state index is -0.920. The van der Waals surface area contributed by atoms with Gasteiger partial charge in [0.1, 0.15) is 23.2 Å². The molecule has 2 aromatic rings. The quantitative estimate of drug-likeness (QED) is 0.291. The van der Waals surface area contributed by atoms with E-state index >= 15 is 0 Å². The van der Waals surface area contributed by atoms with E-state index < -0.39 is 24.2 Å². The van der Waals surface area contributed by atoms with E-state index in [1.165, 1.54) is 19.3 Å². The van der Waals surface area contributed by atoms with Gasteiger partial charge in [0.2, 0.25) is 5.78 Å². The molecule has 0 aliphatic heterocycles. The lowest BCUT2D eigenvalue weighted by atomic mass is 10.1. The van der Waals surface area contributed by atoms with Crippen molar-refractivity contribution in [2.24, 2.45) is 0 Å². The van der Waals surface area contributed by atoms with Gasteiger partial charge in [-0.25, -0.2) is 9.18 Å². The van der Waals surface area contributed by atoms with Crippen LogP contribution in [0, 0.1) is 31.0 Å². The number of rotatable bonds is 8. The summed E-state index contributed by atoms with van der Waals surface area (Å²) in [4.78, 5) is 24.6. The first-order valence-corrected chi connectivity index (χ1v) is 9.14. The van der Waals surface area contributed by atoms with Crippen LogP contribution >= 0.6 is 0 Å². The molecule has 6 nitrogen and oxygen atoms in total. The number of hydrogen-bond donors (Lipinski definition) is 0. The highest BCUT2D eigenvalue weighted by Crippen LogP contribution is 2.21. The molecular formula is C22H23FN2O4. The number of nitrogens with zero attached hydrogens (tertiary/aromatic N) is 2. The molecular weight excluding hydrogens is 375 g/mol. The largest absolute Gasteiger partial charge is 0.496 e. The van der Waals surface area contributed by atoms with Crippen LogP contribution in [0.4, 0.5) is 4.39 Å². The van der Waals surface area contributed by atoms with E-state index in [2.05, 4.69) is 11.5 Å². The van der Waals surface area contributed by atoms with Crippen LogP contribution in [-0.4, -0.2) is 30.0 Å². The van der Waals surface area contributed by atoms with Gasteiger partial charge in [-0.05, 0) is 56.2 Å². The fourth-order valence-electron chi connectivity index (χ4n) is 3.02. The Balaban J connectivity index is 2.16. The molecule has 7 heteroatoms. The van der Waals surface area contributed by atoms with Gasteiger partial charge in [-0.15, -0.1) is 0 Å². The van der Waals surface area contributed by atoms with Gasteiger partial charge in [-0.2, -0.15) is 5.26 Å². The van der Waals surface area contributed by atoms with Crippen molar-refractivity contribution in [1.82, 2.24) is 4.57 Å². The van der Waals surface area contributed by atoms with Gasteiger partial charge in [0, 0.05) is 17.9 Å². The van der Waals surface area contributed by atoms with E-state index in [1.54, 1.807) is 0 Å². The summed E-state index contributed by atoms with van der Waals surface area (Å²) in [7, 11) is 1.35. The number of ketones is 1. The zero-order valence-corrected chi connectivity index (χ0v) is 16.9. The Labute approximate surface area is 169 Å². The Hall–Kier alpha value is -3.40. The van der Waals surface area contributed by atoms with E-state index in [0.29, 0.717) is 0 Å². The topological polar surface area (TPSA) is 81.3 Å². The molecule has 0 saturated heterocycles. The van der Waals surface area contributed by atoms with Crippen LogP contribution in [-0.2, 0) is 16.1 Å². The number of Topliss-reactive ketones (excluding diaryl/α,β-unsaturated/α-hetero) is 1. The van der Waals surface area contributed by atoms with Gasteiger partial charge in [-0.3, -0.25) is 4.79 Å². The third-order valence-corrected chi connectivity index (χ3v) is 4.50. The Morgan fingerprint density at radius 3 is 2.62 bits per heavy atom. The summed E-state index contributed by atoms with van der Waals surface area (Å²) in [5, 5.41) is 9.35. The molecule has 0 atom stereocenters. The lowest BCUT2D eigenvalue weighted by molar-refractivity contribution is -0.137. The molecule has 2 rings (SSSR count). The maximum Gasteiger partial charge on any atom is 0.349 e. The number of aryl methyl sites for hydroxylation is 1. The molecule has 0 fully saturated rings. The van der Waals surface area contributed by atoms with Crippen LogP contribution in [0.25, 0.3) is 6.08 Å². The zero-order chi connectivity index (χ0) is 21.6. The van der Waals surface area contributed by atoms with Crippen LogP contribution in [0.2, 0.25) is 0 Å². The third-order valence-electron chi connectivity index (χ3n) is 4.50. The van der Waals surface area contributed by atoms with Crippen LogP contribution in [0.5, 0.6) is 5.75 Å². The van der Waals surface area contributed by atoms with E-state index in [4.69, 9.17) is 9.47 Å². The number of carbonyl (C=O) groups excluding carboxylic acids is 2. The summed E-state index contributed by atoms with van der Waals surface area (Å²) in [5.41, 5.74) is 2.44. The fourth-order valence-corrected chi connectivity index (χ4v) is 3.02. The number of carbonyl (C=O) groups is 2. The summed E-state index contributed by atoms with van der Waals surface area (Å²) in [5.74, 6) is -1.99. The lowest BCUT2D eigenvalue weighted by Crippen LogP contribution is -2.16. The number of esters is 1. The Morgan fingerprint density at radius 1 is 1.28 bits per heavy atom. The molecule has 0 saturated carbocycles. The van der Waals surface area contributed by atoms with Gasteiger partial charge in [0.25, 0.3) is 0 Å². The normalized spacial score (nSPS) is 11.1.